The van der Waals surface area contributed by atoms with Crippen LogP contribution in [0, 0.1) is 10.1 Å². The van der Waals surface area contributed by atoms with E-state index in [1.807, 2.05) is 0 Å². The van der Waals surface area contributed by atoms with Gasteiger partial charge in [0, 0.05) is 30.8 Å². The minimum Gasteiger partial charge on any atom is -0.461 e. The largest absolute Gasteiger partial charge is 0.461 e. The van der Waals surface area contributed by atoms with Crippen LogP contribution in [-0.4, -0.2) is 20.4 Å². The van der Waals surface area contributed by atoms with Crippen molar-refractivity contribution < 1.29 is 18.9 Å². The normalized spacial score (nSPS) is 10.9. The molecule has 140 valence electrons. The SMILES string of the molecule is O=C(CCCn1c(=O)oc2cc([N+](=O)[O-])ccc21)OCc1ccc(Cl)nc1. The summed E-state index contributed by atoms with van der Waals surface area (Å²) in [6, 6.07) is 7.25. The number of halogens is 1. The van der Waals surface area contributed by atoms with Gasteiger partial charge in [0.15, 0.2) is 5.58 Å². The van der Waals surface area contributed by atoms with E-state index in [9.17, 15) is 19.7 Å². The number of nitro benzene ring substituents is 1. The van der Waals surface area contributed by atoms with Crippen LogP contribution in [0.5, 0.6) is 0 Å². The summed E-state index contributed by atoms with van der Waals surface area (Å²) >= 11 is 5.68. The molecule has 9 nitrogen and oxygen atoms in total. The molecule has 0 spiro atoms. The minimum atomic E-state index is -0.633. The first kappa shape index (κ1) is 18.6. The van der Waals surface area contributed by atoms with E-state index in [0.29, 0.717) is 22.7 Å². The number of carbonyl (C=O) groups is 1. The van der Waals surface area contributed by atoms with Gasteiger partial charge in [-0.25, -0.2) is 9.78 Å². The Kier molecular flexibility index (Phi) is 5.51. The summed E-state index contributed by atoms with van der Waals surface area (Å²) in [5, 5.41) is 11.1. The second kappa shape index (κ2) is 8.00. The Hall–Kier alpha value is -3.20. The van der Waals surface area contributed by atoms with Gasteiger partial charge in [0.05, 0.1) is 16.5 Å². The van der Waals surface area contributed by atoms with E-state index >= 15 is 0 Å². The van der Waals surface area contributed by atoms with Crippen LogP contribution in [0.3, 0.4) is 0 Å². The molecule has 2 aromatic heterocycles. The number of aromatic nitrogens is 2. The van der Waals surface area contributed by atoms with E-state index < -0.39 is 16.6 Å². The predicted molar refractivity (Wildman–Crippen MR) is 95.4 cm³/mol. The molecule has 27 heavy (non-hydrogen) atoms. The number of oxazole rings is 1. The second-order valence-electron chi connectivity index (χ2n) is 5.68. The molecule has 0 radical (unpaired) electrons. The number of nitro groups is 1. The quantitative estimate of drug-likeness (QED) is 0.263. The summed E-state index contributed by atoms with van der Waals surface area (Å²) in [5.74, 6) is -1.05. The Balaban J connectivity index is 1.56. The first-order chi connectivity index (χ1) is 12.9. The van der Waals surface area contributed by atoms with Crippen LogP contribution in [0.25, 0.3) is 11.1 Å². The van der Waals surface area contributed by atoms with Gasteiger partial charge in [-0.05, 0) is 18.6 Å². The monoisotopic (exact) mass is 391 g/mol. The summed E-state index contributed by atoms with van der Waals surface area (Å²) in [6.45, 7) is 0.308. The third-order valence-electron chi connectivity index (χ3n) is 3.81. The van der Waals surface area contributed by atoms with E-state index in [4.69, 9.17) is 20.8 Å². The van der Waals surface area contributed by atoms with Gasteiger partial charge < -0.3 is 9.15 Å². The zero-order chi connectivity index (χ0) is 19.4. The molecule has 0 saturated carbocycles. The molecular formula is C17H14ClN3O6. The summed E-state index contributed by atoms with van der Waals surface area (Å²) < 4.78 is 11.5. The fourth-order valence-electron chi connectivity index (χ4n) is 2.49. The zero-order valence-corrected chi connectivity index (χ0v) is 14.7. The maximum atomic E-state index is 11.9. The van der Waals surface area contributed by atoms with E-state index in [1.165, 1.54) is 29.0 Å². The van der Waals surface area contributed by atoms with E-state index in [2.05, 4.69) is 4.98 Å². The number of nitrogens with zero attached hydrogens (tertiary/aromatic N) is 3. The van der Waals surface area contributed by atoms with Crippen LogP contribution in [0.1, 0.15) is 18.4 Å². The number of rotatable bonds is 7. The average Bonchev–Trinajstić information content (AvgIpc) is 2.96. The summed E-state index contributed by atoms with van der Waals surface area (Å²) in [4.78, 5) is 37.9. The molecule has 3 rings (SSSR count). The fraction of sp³-hybridized carbons (Fsp3) is 0.235. The zero-order valence-electron chi connectivity index (χ0n) is 14.0. The molecule has 0 bridgehead atoms. The van der Waals surface area contributed by atoms with Crippen LogP contribution in [0.15, 0.2) is 45.7 Å². The fourth-order valence-corrected chi connectivity index (χ4v) is 2.60. The lowest BCUT2D eigenvalue weighted by atomic mass is 10.2. The lowest BCUT2D eigenvalue weighted by Gasteiger charge is -2.05. The molecular weight excluding hydrogens is 378 g/mol. The number of esters is 1. The maximum Gasteiger partial charge on any atom is 0.419 e. The predicted octanol–water partition coefficient (Wildman–Crippen LogP) is 3.07. The molecule has 0 atom stereocenters. The highest BCUT2D eigenvalue weighted by Gasteiger charge is 2.14. The lowest BCUT2D eigenvalue weighted by Crippen LogP contribution is -2.15. The molecule has 2 heterocycles. The van der Waals surface area contributed by atoms with Crippen molar-refractivity contribution in [3.05, 3.63) is 67.9 Å². The van der Waals surface area contributed by atoms with Crippen molar-refractivity contribution in [1.82, 2.24) is 9.55 Å². The number of fused-ring (bicyclic) bond motifs is 1. The molecule has 0 saturated heterocycles. The van der Waals surface area contributed by atoms with Gasteiger partial charge in [0.25, 0.3) is 5.69 Å². The number of non-ortho nitro benzene ring substituents is 1. The third kappa shape index (κ3) is 4.50. The van der Waals surface area contributed by atoms with E-state index in [0.717, 1.165) is 0 Å². The highest BCUT2D eigenvalue weighted by molar-refractivity contribution is 6.29. The Bertz CT molecular complexity index is 1040. The molecule has 0 amide bonds. The van der Waals surface area contributed by atoms with Gasteiger partial charge in [0.1, 0.15) is 11.8 Å². The van der Waals surface area contributed by atoms with Crippen molar-refractivity contribution in [2.75, 3.05) is 0 Å². The van der Waals surface area contributed by atoms with Gasteiger partial charge in [-0.15, -0.1) is 0 Å². The van der Waals surface area contributed by atoms with Gasteiger partial charge in [-0.2, -0.15) is 0 Å². The number of carbonyl (C=O) groups excluding carboxylic acids is 1. The molecule has 10 heteroatoms. The van der Waals surface area contributed by atoms with E-state index in [1.54, 1.807) is 12.1 Å². The first-order valence-electron chi connectivity index (χ1n) is 7.98. The number of hydrogen-bond donors (Lipinski definition) is 0. The molecule has 0 aliphatic rings. The van der Waals surface area contributed by atoms with Crippen LogP contribution >= 0.6 is 11.6 Å². The van der Waals surface area contributed by atoms with Gasteiger partial charge >= 0.3 is 11.7 Å². The second-order valence-corrected chi connectivity index (χ2v) is 6.07. The average molecular weight is 392 g/mol. The smallest absolute Gasteiger partial charge is 0.419 e. The van der Waals surface area contributed by atoms with Gasteiger partial charge in [-0.1, -0.05) is 17.7 Å². The lowest BCUT2D eigenvalue weighted by molar-refractivity contribution is -0.384. The Morgan fingerprint density at radius 1 is 1.33 bits per heavy atom. The highest BCUT2D eigenvalue weighted by atomic mass is 35.5. The van der Waals surface area contributed by atoms with Crippen LogP contribution < -0.4 is 5.76 Å². The number of ether oxygens (including phenoxy) is 1. The van der Waals surface area contributed by atoms with Crippen molar-refractivity contribution in [2.45, 2.75) is 26.0 Å². The van der Waals surface area contributed by atoms with Crippen LogP contribution in [0.4, 0.5) is 5.69 Å². The van der Waals surface area contributed by atoms with Crippen molar-refractivity contribution in [1.29, 1.82) is 0 Å². The standard InChI is InChI=1S/C17H14ClN3O6/c18-15-6-3-11(9-19-15)10-26-16(22)2-1-7-20-13-5-4-12(21(24)25)8-14(13)27-17(20)23/h3-6,8-9H,1-2,7,10H2. The number of benzene rings is 1. The maximum absolute atomic E-state index is 11.9. The van der Waals surface area contributed by atoms with Gasteiger partial charge in [0.2, 0.25) is 0 Å². The topological polar surface area (TPSA) is 117 Å². The van der Waals surface area contributed by atoms with Crippen molar-refractivity contribution in [2.24, 2.45) is 0 Å². The molecule has 1 aromatic carbocycles. The Morgan fingerprint density at radius 3 is 2.85 bits per heavy atom. The van der Waals surface area contributed by atoms with Crippen LogP contribution in [-0.2, 0) is 22.7 Å². The Labute approximate surface area is 157 Å². The third-order valence-corrected chi connectivity index (χ3v) is 4.04. The van der Waals surface area contributed by atoms with Crippen molar-refractivity contribution in [3.63, 3.8) is 0 Å². The Morgan fingerprint density at radius 2 is 2.15 bits per heavy atom. The first-order valence-corrected chi connectivity index (χ1v) is 8.35. The van der Waals surface area contributed by atoms with Crippen molar-refractivity contribution in [3.8, 4) is 0 Å². The summed E-state index contributed by atoms with van der Waals surface area (Å²) in [7, 11) is 0. The van der Waals surface area contributed by atoms with Crippen molar-refractivity contribution >= 4 is 34.4 Å². The van der Waals surface area contributed by atoms with Crippen LogP contribution in [0.2, 0.25) is 5.15 Å². The minimum absolute atomic E-state index is 0.0846. The number of pyridine rings is 1. The molecule has 0 unspecified atom stereocenters. The molecule has 0 fully saturated rings. The summed E-state index contributed by atoms with van der Waals surface area (Å²) in [6.07, 6.45) is 1.97. The van der Waals surface area contributed by atoms with Gasteiger partial charge in [-0.3, -0.25) is 19.5 Å². The molecule has 0 N–H and O–H groups in total. The molecule has 0 aliphatic heterocycles. The number of aryl methyl sites for hydroxylation is 1. The summed E-state index contributed by atoms with van der Waals surface area (Å²) in [5.41, 5.74) is 1.12. The number of hydrogen-bond acceptors (Lipinski definition) is 7. The highest BCUT2D eigenvalue weighted by Crippen LogP contribution is 2.20. The molecule has 0 aliphatic carbocycles. The molecule has 3 aromatic rings. The van der Waals surface area contributed by atoms with E-state index in [-0.39, 0.29) is 30.8 Å².